The molecule has 2 heterocycles. The number of piperidine rings is 1. The van der Waals surface area contributed by atoms with Crippen LogP contribution in [0.25, 0.3) is 11.3 Å². The molecule has 0 spiro atoms. The molecule has 0 atom stereocenters. The van der Waals surface area contributed by atoms with E-state index in [0.717, 1.165) is 11.3 Å². The third-order valence-electron chi connectivity index (χ3n) is 4.53. The maximum Gasteiger partial charge on any atom is 0.255 e. The molecule has 1 fully saturated rings. The van der Waals surface area contributed by atoms with Crippen LogP contribution in [-0.2, 0) is 0 Å². The quantitative estimate of drug-likeness (QED) is 0.899. The van der Waals surface area contributed by atoms with Crippen molar-refractivity contribution in [3.05, 3.63) is 47.5 Å². The summed E-state index contributed by atoms with van der Waals surface area (Å²) in [5.74, 6) is 0.601. The summed E-state index contributed by atoms with van der Waals surface area (Å²) in [7, 11) is 0. The molecule has 5 heteroatoms. The predicted octanol–water partition coefficient (Wildman–Crippen LogP) is 2.77. The molecule has 0 bridgehead atoms. The molecule has 1 amide bonds. The van der Waals surface area contributed by atoms with Crippen LogP contribution in [0.4, 0.5) is 5.82 Å². The van der Waals surface area contributed by atoms with Gasteiger partial charge in [0, 0.05) is 25.2 Å². The van der Waals surface area contributed by atoms with Gasteiger partial charge in [-0.1, -0.05) is 23.8 Å². The van der Waals surface area contributed by atoms with Crippen molar-refractivity contribution in [2.45, 2.75) is 32.8 Å². The first-order valence-corrected chi connectivity index (χ1v) is 8.87. The van der Waals surface area contributed by atoms with Crippen molar-refractivity contribution in [2.24, 2.45) is 0 Å². The van der Waals surface area contributed by atoms with E-state index in [4.69, 9.17) is 4.98 Å². The minimum Gasteiger partial charge on any atom is -0.393 e. The van der Waals surface area contributed by atoms with Crippen molar-refractivity contribution in [1.29, 1.82) is 0 Å². The Bertz CT molecular complexity index is 752. The van der Waals surface area contributed by atoms with Crippen LogP contribution in [0.15, 0.2) is 36.4 Å². The minimum atomic E-state index is -0.260. The third kappa shape index (κ3) is 3.99. The number of nitrogens with one attached hydrogen (secondary N) is 1. The Morgan fingerprint density at radius 2 is 2.04 bits per heavy atom. The fraction of sp³-hybridized carbons (Fsp3) is 0.400. The van der Waals surface area contributed by atoms with Gasteiger partial charge in [-0.25, -0.2) is 4.98 Å². The molecule has 0 saturated carbocycles. The topological polar surface area (TPSA) is 65.5 Å². The molecule has 2 aromatic rings. The number of rotatable bonds is 4. The van der Waals surface area contributed by atoms with Gasteiger partial charge < -0.3 is 15.3 Å². The van der Waals surface area contributed by atoms with Crippen molar-refractivity contribution in [3.63, 3.8) is 0 Å². The smallest absolute Gasteiger partial charge is 0.255 e. The van der Waals surface area contributed by atoms with Gasteiger partial charge in [-0.05, 0) is 44.9 Å². The van der Waals surface area contributed by atoms with Gasteiger partial charge in [0.25, 0.3) is 5.91 Å². The first kappa shape index (κ1) is 17.4. The molecule has 1 aromatic carbocycles. The molecule has 2 N–H and O–H groups in total. The fourth-order valence-electron chi connectivity index (χ4n) is 3.17. The number of carbonyl (C=O) groups is 1. The number of carbonyl (C=O) groups excluding carboxylic acids is 1. The van der Waals surface area contributed by atoms with E-state index >= 15 is 0 Å². The van der Waals surface area contributed by atoms with E-state index in [1.807, 2.05) is 31.2 Å². The highest BCUT2D eigenvalue weighted by atomic mass is 16.3. The fourth-order valence-corrected chi connectivity index (χ4v) is 3.17. The maximum absolute atomic E-state index is 12.4. The van der Waals surface area contributed by atoms with Crippen LogP contribution >= 0.6 is 0 Å². The monoisotopic (exact) mass is 339 g/mol. The average molecular weight is 339 g/mol. The Hall–Kier alpha value is -2.40. The number of aliphatic hydroxyl groups is 1. The van der Waals surface area contributed by atoms with Crippen LogP contribution in [0, 0.1) is 6.92 Å². The first-order valence-electron chi connectivity index (χ1n) is 8.87. The number of hydrogen-bond donors (Lipinski definition) is 2. The summed E-state index contributed by atoms with van der Waals surface area (Å²) in [6.07, 6.45) is 1.14. The Labute approximate surface area is 148 Å². The van der Waals surface area contributed by atoms with E-state index in [0.29, 0.717) is 43.9 Å². The van der Waals surface area contributed by atoms with Crippen LogP contribution in [0.3, 0.4) is 0 Å². The molecule has 1 saturated heterocycles. The SMILES string of the molecule is CCNC(=O)c1ccc(-c2cccc(C)c2)nc1N1CCC(O)CC1. The van der Waals surface area contributed by atoms with Gasteiger partial charge in [0.1, 0.15) is 5.82 Å². The second-order valence-electron chi connectivity index (χ2n) is 6.51. The number of aliphatic hydroxyl groups excluding tert-OH is 1. The zero-order valence-corrected chi connectivity index (χ0v) is 14.8. The molecule has 1 aromatic heterocycles. The Balaban J connectivity index is 2.00. The number of amides is 1. The van der Waals surface area contributed by atoms with E-state index in [1.165, 1.54) is 5.56 Å². The molecule has 25 heavy (non-hydrogen) atoms. The van der Waals surface area contributed by atoms with Gasteiger partial charge in [-0.15, -0.1) is 0 Å². The van der Waals surface area contributed by atoms with Crippen molar-refractivity contribution >= 4 is 11.7 Å². The second kappa shape index (κ2) is 7.66. The zero-order valence-electron chi connectivity index (χ0n) is 14.8. The Kier molecular flexibility index (Phi) is 5.34. The van der Waals surface area contributed by atoms with E-state index in [9.17, 15) is 9.90 Å². The zero-order chi connectivity index (χ0) is 17.8. The lowest BCUT2D eigenvalue weighted by molar-refractivity contribution is 0.0956. The normalized spacial score (nSPS) is 15.2. The van der Waals surface area contributed by atoms with Gasteiger partial charge in [0.05, 0.1) is 17.4 Å². The lowest BCUT2D eigenvalue weighted by atomic mass is 10.0. The standard InChI is InChI=1S/C20H25N3O2/c1-3-21-20(25)17-7-8-18(15-6-4-5-14(2)13-15)22-19(17)23-11-9-16(24)10-12-23/h4-8,13,16,24H,3,9-12H2,1-2H3,(H,21,25). The van der Waals surface area contributed by atoms with Gasteiger partial charge in [-0.2, -0.15) is 0 Å². The van der Waals surface area contributed by atoms with Gasteiger partial charge in [-0.3, -0.25) is 4.79 Å². The maximum atomic E-state index is 12.4. The van der Waals surface area contributed by atoms with Crippen LogP contribution in [-0.4, -0.2) is 41.7 Å². The van der Waals surface area contributed by atoms with Crippen LogP contribution < -0.4 is 10.2 Å². The Morgan fingerprint density at radius 1 is 1.28 bits per heavy atom. The largest absolute Gasteiger partial charge is 0.393 e. The summed E-state index contributed by atoms with van der Waals surface area (Å²) in [5, 5.41) is 12.6. The van der Waals surface area contributed by atoms with Crippen molar-refractivity contribution in [3.8, 4) is 11.3 Å². The molecule has 0 unspecified atom stereocenters. The Morgan fingerprint density at radius 3 is 2.72 bits per heavy atom. The number of aromatic nitrogens is 1. The molecule has 5 nitrogen and oxygen atoms in total. The van der Waals surface area contributed by atoms with Crippen LogP contribution in [0.2, 0.25) is 0 Å². The highest BCUT2D eigenvalue weighted by Crippen LogP contribution is 2.27. The van der Waals surface area contributed by atoms with E-state index in [1.54, 1.807) is 0 Å². The molecular weight excluding hydrogens is 314 g/mol. The molecule has 3 rings (SSSR count). The van der Waals surface area contributed by atoms with E-state index < -0.39 is 0 Å². The summed E-state index contributed by atoms with van der Waals surface area (Å²) in [6.45, 7) is 5.95. The third-order valence-corrected chi connectivity index (χ3v) is 4.53. The van der Waals surface area contributed by atoms with Gasteiger partial charge in [0.2, 0.25) is 0 Å². The number of hydrogen-bond acceptors (Lipinski definition) is 4. The van der Waals surface area contributed by atoms with Crippen molar-refractivity contribution < 1.29 is 9.90 Å². The molecule has 1 aliphatic heterocycles. The number of nitrogens with zero attached hydrogens (tertiary/aromatic N) is 2. The van der Waals surface area contributed by atoms with Gasteiger partial charge in [0.15, 0.2) is 0 Å². The molecular formula is C20H25N3O2. The summed E-state index contributed by atoms with van der Waals surface area (Å²) in [5.41, 5.74) is 3.67. The summed E-state index contributed by atoms with van der Waals surface area (Å²) in [6, 6.07) is 12.0. The van der Waals surface area contributed by atoms with Crippen molar-refractivity contribution in [2.75, 3.05) is 24.5 Å². The predicted molar refractivity (Wildman–Crippen MR) is 99.9 cm³/mol. The molecule has 1 aliphatic rings. The lowest BCUT2D eigenvalue weighted by Gasteiger charge is -2.32. The summed E-state index contributed by atoms with van der Waals surface area (Å²) in [4.78, 5) is 19.4. The highest BCUT2D eigenvalue weighted by Gasteiger charge is 2.23. The second-order valence-corrected chi connectivity index (χ2v) is 6.51. The molecule has 0 radical (unpaired) electrons. The molecule has 132 valence electrons. The number of aryl methyl sites for hydroxylation is 1. The van der Waals surface area contributed by atoms with Crippen LogP contribution in [0.1, 0.15) is 35.7 Å². The number of benzene rings is 1. The van der Waals surface area contributed by atoms with E-state index in [-0.39, 0.29) is 12.0 Å². The number of pyridine rings is 1. The highest BCUT2D eigenvalue weighted by molar-refractivity contribution is 5.99. The first-order chi connectivity index (χ1) is 12.1. The number of anilines is 1. The average Bonchev–Trinajstić information content (AvgIpc) is 2.62. The van der Waals surface area contributed by atoms with Crippen molar-refractivity contribution in [1.82, 2.24) is 10.3 Å². The summed E-state index contributed by atoms with van der Waals surface area (Å²) >= 11 is 0. The molecule has 0 aliphatic carbocycles. The minimum absolute atomic E-state index is 0.105. The van der Waals surface area contributed by atoms with E-state index in [2.05, 4.69) is 29.3 Å². The lowest BCUT2D eigenvalue weighted by Crippen LogP contribution is -2.38. The van der Waals surface area contributed by atoms with Crippen LogP contribution in [0.5, 0.6) is 0 Å². The van der Waals surface area contributed by atoms with Gasteiger partial charge >= 0.3 is 0 Å². The summed E-state index contributed by atoms with van der Waals surface area (Å²) < 4.78 is 0.